The van der Waals surface area contributed by atoms with Crippen molar-refractivity contribution < 1.29 is 4.79 Å². The maximum absolute atomic E-state index is 12.5. The predicted molar refractivity (Wildman–Crippen MR) is 93.7 cm³/mol. The Bertz CT molecular complexity index is 865. The topological polar surface area (TPSA) is 59.8 Å². The summed E-state index contributed by atoms with van der Waals surface area (Å²) in [6.45, 7) is 1.87. The number of halogens is 2. The molecule has 0 radical (unpaired) electrons. The molecule has 0 saturated heterocycles. The minimum absolute atomic E-state index is 0.211. The van der Waals surface area contributed by atoms with Crippen LogP contribution in [0.3, 0.4) is 0 Å². The fraction of sp³-hybridized carbons (Fsp3) is 0.118. The highest BCUT2D eigenvalue weighted by Crippen LogP contribution is 2.26. The van der Waals surface area contributed by atoms with Crippen molar-refractivity contribution in [1.82, 2.24) is 19.9 Å². The van der Waals surface area contributed by atoms with E-state index in [2.05, 4.69) is 15.3 Å². The average molecular weight is 361 g/mol. The number of carbonyl (C=O) groups is 1. The second-order valence-electron chi connectivity index (χ2n) is 5.23. The van der Waals surface area contributed by atoms with Gasteiger partial charge in [0.15, 0.2) is 0 Å². The van der Waals surface area contributed by atoms with Crippen molar-refractivity contribution in [2.45, 2.75) is 13.0 Å². The molecular formula is C17H14Cl2N4O. The third kappa shape index (κ3) is 3.58. The second-order valence-corrected chi connectivity index (χ2v) is 6.08. The third-order valence-electron chi connectivity index (χ3n) is 3.55. The van der Waals surface area contributed by atoms with E-state index in [1.54, 1.807) is 59.8 Å². The Kier molecular flexibility index (Phi) is 4.83. The lowest BCUT2D eigenvalue weighted by molar-refractivity contribution is 0.0940. The van der Waals surface area contributed by atoms with Crippen LogP contribution in [0.1, 0.15) is 28.9 Å². The minimum Gasteiger partial charge on any atom is -0.345 e. The third-order valence-corrected chi connectivity index (χ3v) is 4.12. The molecule has 0 bridgehead atoms. The summed E-state index contributed by atoms with van der Waals surface area (Å²) < 4.78 is 1.73. The lowest BCUT2D eigenvalue weighted by Gasteiger charge is -2.16. The van der Waals surface area contributed by atoms with Crippen molar-refractivity contribution in [1.29, 1.82) is 0 Å². The van der Waals surface area contributed by atoms with Gasteiger partial charge in [-0.3, -0.25) is 9.36 Å². The van der Waals surface area contributed by atoms with Gasteiger partial charge < -0.3 is 5.32 Å². The number of hydrogen-bond acceptors (Lipinski definition) is 3. The molecule has 1 unspecified atom stereocenters. The van der Waals surface area contributed by atoms with Gasteiger partial charge in [0.2, 0.25) is 0 Å². The molecule has 24 heavy (non-hydrogen) atoms. The van der Waals surface area contributed by atoms with Gasteiger partial charge in [-0.15, -0.1) is 0 Å². The quantitative estimate of drug-likeness (QED) is 0.762. The lowest BCUT2D eigenvalue weighted by atomic mass is 10.1. The molecule has 0 aliphatic carbocycles. The van der Waals surface area contributed by atoms with E-state index in [-0.39, 0.29) is 11.9 Å². The molecule has 3 aromatic rings. The first-order valence-corrected chi connectivity index (χ1v) is 8.00. The summed E-state index contributed by atoms with van der Waals surface area (Å²) in [7, 11) is 0. The number of aromatic nitrogens is 3. The highest BCUT2D eigenvalue weighted by atomic mass is 35.5. The highest BCUT2D eigenvalue weighted by Gasteiger charge is 2.15. The zero-order valence-corrected chi connectivity index (χ0v) is 14.3. The maximum Gasteiger partial charge on any atom is 0.251 e. The lowest BCUT2D eigenvalue weighted by Crippen LogP contribution is -2.27. The summed E-state index contributed by atoms with van der Waals surface area (Å²) in [6.07, 6.45) is 6.63. The van der Waals surface area contributed by atoms with E-state index in [1.165, 1.54) is 0 Å². The molecule has 1 atom stereocenters. The van der Waals surface area contributed by atoms with Crippen molar-refractivity contribution in [2.75, 3.05) is 0 Å². The van der Waals surface area contributed by atoms with Crippen LogP contribution >= 0.6 is 23.2 Å². The number of imidazole rings is 1. The molecule has 2 aromatic heterocycles. The molecule has 0 aliphatic rings. The van der Waals surface area contributed by atoms with Crippen molar-refractivity contribution >= 4 is 29.1 Å². The van der Waals surface area contributed by atoms with E-state index >= 15 is 0 Å². The average Bonchev–Trinajstić information content (AvgIpc) is 3.09. The number of hydrogen-bond donors (Lipinski definition) is 1. The predicted octanol–water partition coefficient (Wildman–Crippen LogP) is 4.07. The fourth-order valence-corrected chi connectivity index (χ4v) is 2.88. The Morgan fingerprint density at radius 1 is 1.21 bits per heavy atom. The largest absolute Gasteiger partial charge is 0.345 e. The van der Waals surface area contributed by atoms with Gasteiger partial charge in [-0.25, -0.2) is 9.97 Å². The summed E-state index contributed by atoms with van der Waals surface area (Å²) in [5, 5.41) is 4.00. The van der Waals surface area contributed by atoms with Crippen LogP contribution < -0.4 is 5.32 Å². The first-order chi connectivity index (χ1) is 11.5. The van der Waals surface area contributed by atoms with Gasteiger partial charge in [0.25, 0.3) is 5.91 Å². The van der Waals surface area contributed by atoms with E-state index < -0.39 is 0 Å². The van der Waals surface area contributed by atoms with Crippen LogP contribution in [-0.4, -0.2) is 20.4 Å². The van der Waals surface area contributed by atoms with Crippen LogP contribution in [-0.2, 0) is 0 Å². The van der Waals surface area contributed by atoms with Crippen molar-refractivity contribution in [3.63, 3.8) is 0 Å². The Morgan fingerprint density at radius 3 is 2.75 bits per heavy atom. The summed E-state index contributed by atoms with van der Waals surface area (Å²) in [4.78, 5) is 20.7. The van der Waals surface area contributed by atoms with Crippen LogP contribution in [0.5, 0.6) is 0 Å². The summed E-state index contributed by atoms with van der Waals surface area (Å²) in [6, 6.07) is 8.31. The molecule has 0 fully saturated rings. The van der Waals surface area contributed by atoms with E-state index in [0.717, 1.165) is 5.56 Å². The Labute approximate surface area is 149 Å². The summed E-state index contributed by atoms with van der Waals surface area (Å²) in [5.41, 5.74) is 1.31. The van der Waals surface area contributed by atoms with Crippen LogP contribution in [0.15, 0.2) is 55.2 Å². The molecule has 3 rings (SSSR count). The SMILES string of the molecule is CC(NC(=O)c1ccnc(-n2ccnc2)c1)c1ccc(Cl)cc1Cl. The zero-order chi connectivity index (χ0) is 17.1. The molecule has 0 aliphatic heterocycles. The number of nitrogens with zero attached hydrogens (tertiary/aromatic N) is 3. The maximum atomic E-state index is 12.5. The molecule has 5 nitrogen and oxygen atoms in total. The van der Waals surface area contributed by atoms with Crippen LogP contribution in [0.2, 0.25) is 10.0 Å². The molecule has 1 N–H and O–H groups in total. The van der Waals surface area contributed by atoms with Gasteiger partial charge >= 0.3 is 0 Å². The van der Waals surface area contributed by atoms with E-state index in [0.29, 0.717) is 21.4 Å². The van der Waals surface area contributed by atoms with Gasteiger partial charge in [0.05, 0.1) is 6.04 Å². The van der Waals surface area contributed by atoms with Gasteiger partial charge in [-0.1, -0.05) is 29.3 Å². The number of nitrogens with one attached hydrogen (secondary N) is 1. The molecule has 122 valence electrons. The smallest absolute Gasteiger partial charge is 0.251 e. The number of benzene rings is 1. The van der Waals surface area contributed by atoms with Crippen LogP contribution in [0.4, 0.5) is 0 Å². The van der Waals surface area contributed by atoms with E-state index in [1.807, 2.05) is 6.92 Å². The number of carbonyl (C=O) groups excluding carboxylic acids is 1. The summed E-state index contributed by atoms with van der Waals surface area (Å²) in [5.74, 6) is 0.412. The van der Waals surface area contributed by atoms with E-state index in [4.69, 9.17) is 23.2 Å². The van der Waals surface area contributed by atoms with Crippen LogP contribution in [0, 0.1) is 0 Å². The van der Waals surface area contributed by atoms with Crippen molar-refractivity contribution in [3.8, 4) is 5.82 Å². The summed E-state index contributed by atoms with van der Waals surface area (Å²) >= 11 is 12.1. The molecular weight excluding hydrogens is 347 g/mol. The monoisotopic (exact) mass is 360 g/mol. The number of rotatable bonds is 4. The first kappa shape index (κ1) is 16.5. The van der Waals surface area contributed by atoms with Crippen LogP contribution in [0.25, 0.3) is 5.82 Å². The molecule has 7 heteroatoms. The van der Waals surface area contributed by atoms with Gasteiger partial charge in [0, 0.05) is 34.2 Å². The molecule has 2 heterocycles. The minimum atomic E-state index is -0.257. The molecule has 0 spiro atoms. The van der Waals surface area contributed by atoms with Gasteiger partial charge in [-0.2, -0.15) is 0 Å². The Hall–Kier alpha value is -2.37. The van der Waals surface area contributed by atoms with Crippen molar-refractivity contribution in [2.24, 2.45) is 0 Å². The van der Waals surface area contributed by atoms with Crippen molar-refractivity contribution in [3.05, 3.63) is 76.4 Å². The van der Waals surface area contributed by atoms with Gasteiger partial charge in [-0.05, 0) is 36.8 Å². The number of amides is 1. The normalized spacial score (nSPS) is 12.0. The standard InChI is InChI=1S/C17H14Cl2N4O/c1-11(14-3-2-13(18)9-15(14)19)22-17(24)12-4-5-21-16(8-12)23-7-6-20-10-23/h2-11H,1H3,(H,22,24). The zero-order valence-electron chi connectivity index (χ0n) is 12.8. The number of pyridine rings is 1. The van der Waals surface area contributed by atoms with E-state index in [9.17, 15) is 4.79 Å². The Morgan fingerprint density at radius 2 is 2.04 bits per heavy atom. The molecule has 1 amide bonds. The highest BCUT2D eigenvalue weighted by molar-refractivity contribution is 6.35. The first-order valence-electron chi connectivity index (χ1n) is 7.25. The van der Waals surface area contributed by atoms with Gasteiger partial charge in [0.1, 0.15) is 12.1 Å². The molecule has 0 saturated carbocycles. The second kappa shape index (κ2) is 7.03. The molecule has 1 aromatic carbocycles. The Balaban J connectivity index is 1.78. The fourth-order valence-electron chi connectivity index (χ4n) is 2.31.